The highest BCUT2D eigenvalue weighted by Gasteiger charge is 2.30. The van der Waals surface area contributed by atoms with E-state index in [2.05, 4.69) is 53.1 Å². The van der Waals surface area contributed by atoms with E-state index in [0.29, 0.717) is 24.9 Å². The Morgan fingerprint density at radius 3 is 2.93 bits per heavy atom. The molecule has 2 heterocycles. The van der Waals surface area contributed by atoms with Crippen molar-refractivity contribution >= 4 is 5.97 Å². The number of allylic oxidation sites excluding steroid dienone is 3. The van der Waals surface area contributed by atoms with Crippen LogP contribution < -0.4 is 5.43 Å². The molecule has 2 aliphatic heterocycles. The third kappa shape index (κ3) is 5.76. The molecule has 30 heavy (non-hydrogen) atoms. The molecule has 2 aliphatic carbocycles. The summed E-state index contributed by atoms with van der Waals surface area (Å²) < 4.78 is 12.5. The Kier molecular flexibility index (Phi) is 7.28. The maximum atomic E-state index is 11.1. The van der Waals surface area contributed by atoms with Gasteiger partial charge in [-0.2, -0.15) is 0 Å². The molecule has 6 heteroatoms. The van der Waals surface area contributed by atoms with Crippen molar-refractivity contribution < 1.29 is 19.4 Å². The minimum Gasteiger partial charge on any atom is -0.498 e. The van der Waals surface area contributed by atoms with Gasteiger partial charge in [-0.05, 0) is 44.1 Å². The lowest BCUT2D eigenvalue weighted by Crippen LogP contribution is -2.35. The molecule has 0 aromatic carbocycles. The molecule has 0 spiro atoms. The van der Waals surface area contributed by atoms with Crippen molar-refractivity contribution in [3.8, 4) is 0 Å². The van der Waals surface area contributed by atoms with Crippen LogP contribution >= 0.6 is 0 Å². The van der Waals surface area contributed by atoms with E-state index in [1.165, 1.54) is 6.42 Å². The molecule has 0 aromatic heterocycles. The summed E-state index contributed by atoms with van der Waals surface area (Å²) in [6, 6.07) is 0. The maximum Gasteiger partial charge on any atom is 0.303 e. The van der Waals surface area contributed by atoms with Gasteiger partial charge in [0.2, 0.25) is 0 Å². The van der Waals surface area contributed by atoms with Crippen LogP contribution in [0.3, 0.4) is 0 Å². The first-order valence-electron chi connectivity index (χ1n) is 11.4. The second kappa shape index (κ2) is 10.3. The van der Waals surface area contributed by atoms with Gasteiger partial charge in [0.15, 0.2) is 0 Å². The third-order valence-corrected chi connectivity index (χ3v) is 6.60. The minimum absolute atomic E-state index is 0.196. The summed E-state index contributed by atoms with van der Waals surface area (Å²) in [4.78, 5) is 11.1. The molecule has 6 nitrogen and oxygen atoms in total. The van der Waals surface area contributed by atoms with Gasteiger partial charge in [-0.3, -0.25) is 4.79 Å². The number of rotatable bonds is 9. The number of ether oxygens (including phenoxy) is 2. The van der Waals surface area contributed by atoms with Crippen molar-refractivity contribution in [1.82, 2.24) is 10.4 Å². The van der Waals surface area contributed by atoms with Crippen molar-refractivity contribution in [3.63, 3.8) is 0 Å². The molecule has 164 valence electrons. The van der Waals surface area contributed by atoms with Gasteiger partial charge in [0.25, 0.3) is 0 Å². The SMILES string of the molecule is O=C(O)CCC1CCC(CN2C=CCN2)C=C1OCCC1CCC2C=CC=CC2O1. The predicted octanol–water partition coefficient (Wildman–Crippen LogP) is 3.79. The molecule has 0 amide bonds. The average molecular weight is 415 g/mol. The van der Waals surface area contributed by atoms with E-state index in [1.807, 2.05) is 0 Å². The number of carbonyl (C=O) groups is 1. The van der Waals surface area contributed by atoms with E-state index in [9.17, 15) is 4.79 Å². The highest BCUT2D eigenvalue weighted by Crippen LogP contribution is 2.34. The van der Waals surface area contributed by atoms with Crippen molar-refractivity contribution in [2.45, 2.75) is 57.2 Å². The zero-order valence-corrected chi connectivity index (χ0v) is 17.6. The van der Waals surface area contributed by atoms with Crippen LogP contribution in [-0.4, -0.2) is 48.0 Å². The van der Waals surface area contributed by atoms with Crippen LogP contribution in [0.15, 0.2) is 48.4 Å². The molecule has 0 saturated carbocycles. The fourth-order valence-corrected chi connectivity index (χ4v) is 4.91. The first-order chi connectivity index (χ1) is 14.7. The van der Waals surface area contributed by atoms with Gasteiger partial charge in [-0.15, -0.1) is 0 Å². The second-order valence-corrected chi connectivity index (χ2v) is 8.81. The van der Waals surface area contributed by atoms with Gasteiger partial charge in [0.05, 0.1) is 24.6 Å². The highest BCUT2D eigenvalue weighted by molar-refractivity contribution is 5.66. The van der Waals surface area contributed by atoms with Crippen LogP contribution in [0.4, 0.5) is 0 Å². The molecule has 1 fully saturated rings. The number of hydrogen-bond donors (Lipinski definition) is 2. The van der Waals surface area contributed by atoms with Crippen LogP contribution in [0.1, 0.15) is 44.9 Å². The minimum atomic E-state index is -0.734. The van der Waals surface area contributed by atoms with Gasteiger partial charge in [0.1, 0.15) is 0 Å². The standard InChI is InChI=1S/C24H34N2O4/c27-24(28)11-9-20-7-6-18(17-26-14-3-13-25-26)16-23(20)29-15-12-21-10-8-19-4-1-2-5-22(19)30-21/h1-5,14,16,18-22,25H,6-13,15,17H2,(H,27,28). The van der Waals surface area contributed by atoms with Crippen molar-refractivity contribution in [3.05, 3.63) is 48.4 Å². The fraction of sp³-hybridized carbons (Fsp3) is 0.625. The Bertz CT molecular complexity index is 714. The smallest absolute Gasteiger partial charge is 0.303 e. The van der Waals surface area contributed by atoms with Crippen molar-refractivity contribution in [2.24, 2.45) is 17.8 Å². The topological polar surface area (TPSA) is 71.0 Å². The molecule has 0 aromatic rings. The van der Waals surface area contributed by atoms with Gasteiger partial charge < -0.3 is 19.6 Å². The number of aliphatic carboxylic acids is 1. The van der Waals surface area contributed by atoms with Crippen LogP contribution in [0, 0.1) is 17.8 Å². The molecular formula is C24H34N2O4. The van der Waals surface area contributed by atoms with E-state index in [4.69, 9.17) is 14.6 Å². The van der Waals surface area contributed by atoms with E-state index in [0.717, 1.165) is 44.5 Å². The number of carboxylic acid groups (broad SMARTS) is 1. The molecule has 2 N–H and O–H groups in total. The van der Waals surface area contributed by atoms with Gasteiger partial charge in [-0.25, -0.2) is 5.43 Å². The normalized spacial score (nSPS) is 32.7. The van der Waals surface area contributed by atoms with E-state index < -0.39 is 5.97 Å². The second-order valence-electron chi connectivity index (χ2n) is 8.81. The molecule has 4 aliphatic rings. The molecule has 4 rings (SSSR count). The summed E-state index contributed by atoms with van der Waals surface area (Å²) in [5, 5.41) is 11.2. The highest BCUT2D eigenvalue weighted by atomic mass is 16.5. The maximum absolute atomic E-state index is 11.1. The number of nitrogens with one attached hydrogen (secondary N) is 1. The Morgan fingerprint density at radius 2 is 2.10 bits per heavy atom. The summed E-state index contributed by atoms with van der Waals surface area (Å²) in [6.07, 6.45) is 21.5. The molecule has 5 unspecified atom stereocenters. The summed E-state index contributed by atoms with van der Waals surface area (Å²) in [5.41, 5.74) is 3.33. The quantitative estimate of drug-likeness (QED) is 0.598. The van der Waals surface area contributed by atoms with Crippen molar-refractivity contribution in [2.75, 3.05) is 19.7 Å². The van der Waals surface area contributed by atoms with E-state index in [1.54, 1.807) is 0 Å². The molecule has 0 bridgehead atoms. The lowest BCUT2D eigenvalue weighted by Gasteiger charge is -2.35. The first-order valence-corrected chi connectivity index (χ1v) is 11.4. The zero-order chi connectivity index (χ0) is 20.8. The average Bonchev–Trinajstić information content (AvgIpc) is 3.26. The van der Waals surface area contributed by atoms with Crippen LogP contribution in [0.25, 0.3) is 0 Å². The monoisotopic (exact) mass is 414 g/mol. The fourth-order valence-electron chi connectivity index (χ4n) is 4.91. The number of carboxylic acids is 1. The molecule has 5 atom stereocenters. The lowest BCUT2D eigenvalue weighted by molar-refractivity contribution is -0.137. The largest absolute Gasteiger partial charge is 0.498 e. The van der Waals surface area contributed by atoms with Gasteiger partial charge >= 0.3 is 5.97 Å². The third-order valence-electron chi connectivity index (χ3n) is 6.60. The van der Waals surface area contributed by atoms with Crippen LogP contribution in [0.5, 0.6) is 0 Å². The van der Waals surface area contributed by atoms with E-state index in [-0.39, 0.29) is 24.5 Å². The predicted molar refractivity (Wildman–Crippen MR) is 115 cm³/mol. The zero-order valence-electron chi connectivity index (χ0n) is 17.6. The van der Waals surface area contributed by atoms with Gasteiger partial charge in [0, 0.05) is 44.0 Å². The summed E-state index contributed by atoms with van der Waals surface area (Å²) in [7, 11) is 0. The number of fused-ring (bicyclic) bond motifs is 1. The Morgan fingerprint density at radius 1 is 1.20 bits per heavy atom. The summed E-state index contributed by atoms with van der Waals surface area (Å²) in [6.45, 7) is 2.44. The Labute approximate surface area is 179 Å². The van der Waals surface area contributed by atoms with Crippen LogP contribution in [-0.2, 0) is 14.3 Å². The summed E-state index contributed by atoms with van der Waals surface area (Å²) in [5.74, 6) is 1.40. The van der Waals surface area contributed by atoms with Crippen molar-refractivity contribution in [1.29, 1.82) is 0 Å². The summed E-state index contributed by atoms with van der Waals surface area (Å²) >= 11 is 0. The van der Waals surface area contributed by atoms with Crippen LogP contribution in [0.2, 0.25) is 0 Å². The molecule has 1 saturated heterocycles. The lowest BCUT2D eigenvalue weighted by atomic mass is 9.84. The Balaban J connectivity index is 1.30. The first kappa shape index (κ1) is 21.2. The number of hydrogen-bond acceptors (Lipinski definition) is 5. The van der Waals surface area contributed by atoms with Gasteiger partial charge in [-0.1, -0.05) is 30.4 Å². The Hall–Kier alpha value is -2.05. The molecular weight excluding hydrogens is 380 g/mol. The number of hydrazine groups is 1. The molecule has 0 radical (unpaired) electrons. The number of nitrogens with zero attached hydrogens (tertiary/aromatic N) is 1. The van der Waals surface area contributed by atoms with E-state index >= 15 is 0 Å².